The molecule has 0 heterocycles. The van der Waals surface area contributed by atoms with Crippen LogP contribution in [0.1, 0.15) is 44.9 Å². The zero-order valence-corrected chi connectivity index (χ0v) is 16.4. The maximum atomic E-state index is 13.5. The summed E-state index contributed by atoms with van der Waals surface area (Å²) in [5.74, 6) is -2.07. The zero-order valence-electron chi connectivity index (χ0n) is 16.4. The van der Waals surface area contributed by atoms with Gasteiger partial charge >= 0.3 is 0 Å². The lowest BCUT2D eigenvalue weighted by Gasteiger charge is -2.54. The summed E-state index contributed by atoms with van der Waals surface area (Å²) in [6.07, 6.45) is 7.56. The first-order valence-electron chi connectivity index (χ1n) is 10.4. The first-order chi connectivity index (χ1) is 13.3. The number of nitrogens with zero attached hydrogens (tertiary/aromatic N) is 1. The molecule has 0 aromatic heterocycles. The highest BCUT2D eigenvalue weighted by Gasteiger charge is 2.66. The van der Waals surface area contributed by atoms with Gasteiger partial charge in [-0.3, -0.25) is 14.4 Å². The minimum Gasteiger partial charge on any atom is -0.389 e. The summed E-state index contributed by atoms with van der Waals surface area (Å²) in [4.78, 5) is 40.8. The van der Waals surface area contributed by atoms with Crippen molar-refractivity contribution in [1.82, 2.24) is 4.90 Å². The third-order valence-corrected chi connectivity index (χ3v) is 7.26. The molecule has 0 aliphatic heterocycles. The van der Waals surface area contributed by atoms with Gasteiger partial charge in [-0.1, -0.05) is 12.2 Å². The van der Waals surface area contributed by atoms with Crippen LogP contribution in [-0.2, 0) is 14.4 Å². The maximum absolute atomic E-state index is 13.5. The van der Waals surface area contributed by atoms with Crippen molar-refractivity contribution in [3.05, 3.63) is 23.8 Å². The van der Waals surface area contributed by atoms with Gasteiger partial charge in [-0.2, -0.15) is 0 Å². The van der Waals surface area contributed by atoms with E-state index in [2.05, 4.69) is 4.90 Å². The Morgan fingerprint density at radius 3 is 2.61 bits per heavy atom. The normalized spacial score (nSPS) is 38.1. The number of fused-ring (bicyclic) bond motifs is 3. The van der Waals surface area contributed by atoms with Crippen molar-refractivity contribution >= 4 is 17.3 Å². The van der Waals surface area contributed by atoms with Gasteiger partial charge in [0.25, 0.3) is 0 Å². The van der Waals surface area contributed by atoms with Crippen molar-refractivity contribution in [1.29, 1.82) is 0 Å². The molecule has 28 heavy (non-hydrogen) atoms. The Kier molecular flexibility index (Phi) is 4.92. The predicted octanol–water partition coefficient (Wildman–Crippen LogP) is 1.20. The summed E-state index contributed by atoms with van der Waals surface area (Å²) >= 11 is 0. The summed E-state index contributed by atoms with van der Waals surface area (Å²) in [6, 6.07) is 0. The third-order valence-electron chi connectivity index (χ3n) is 7.26. The summed E-state index contributed by atoms with van der Waals surface area (Å²) in [5.41, 5.74) is -2.22. The molecule has 4 unspecified atom stereocenters. The Morgan fingerprint density at radius 2 is 1.89 bits per heavy atom. The van der Waals surface area contributed by atoms with Crippen molar-refractivity contribution < 1.29 is 24.6 Å². The number of hydrogen-bond acceptors (Lipinski definition) is 6. The summed E-state index contributed by atoms with van der Waals surface area (Å²) in [6.45, 7) is 1.46. The minimum atomic E-state index is -1.46. The molecule has 0 aromatic carbocycles. The van der Waals surface area contributed by atoms with Gasteiger partial charge in [0.1, 0.15) is 6.10 Å². The monoisotopic (exact) mass is 387 g/mol. The Morgan fingerprint density at radius 1 is 1.14 bits per heavy atom. The molecule has 2 N–H and O–H groups in total. The second-order valence-corrected chi connectivity index (χ2v) is 9.11. The zero-order chi connectivity index (χ0) is 20.1. The molecule has 4 atom stereocenters. The van der Waals surface area contributed by atoms with Crippen LogP contribution in [0.25, 0.3) is 0 Å². The highest BCUT2D eigenvalue weighted by molar-refractivity contribution is 6.44. The fraction of sp³-hybridized carbons (Fsp3) is 0.682. The molecule has 0 spiro atoms. The van der Waals surface area contributed by atoms with Crippen LogP contribution < -0.4 is 0 Å². The van der Waals surface area contributed by atoms with Crippen molar-refractivity contribution in [2.75, 3.05) is 20.1 Å². The lowest BCUT2D eigenvalue weighted by Crippen LogP contribution is -2.65. The van der Waals surface area contributed by atoms with E-state index < -0.39 is 40.4 Å². The molecule has 4 aliphatic rings. The average Bonchev–Trinajstić information content (AvgIpc) is 3.47. The molecule has 0 saturated heterocycles. The van der Waals surface area contributed by atoms with Crippen LogP contribution in [0, 0.1) is 17.3 Å². The van der Waals surface area contributed by atoms with E-state index >= 15 is 0 Å². The van der Waals surface area contributed by atoms with Crippen molar-refractivity contribution in [2.24, 2.45) is 17.3 Å². The molecule has 2 fully saturated rings. The van der Waals surface area contributed by atoms with Crippen LogP contribution in [0.4, 0.5) is 0 Å². The number of allylic oxidation sites excluding steroid dienone is 4. The molecule has 2 saturated carbocycles. The van der Waals surface area contributed by atoms with Gasteiger partial charge in [-0.25, -0.2) is 0 Å². The van der Waals surface area contributed by atoms with Crippen LogP contribution in [-0.4, -0.2) is 64.3 Å². The first-order valence-corrected chi connectivity index (χ1v) is 10.4. The van der Waals surface area contributed by atoms with Gasteiger partial charge in [0.2, 0.25) is 11.6 Å². The second kappa shape index (κ2) is 7.01. The number of ketones is 3. The number of aliphatic hydroxyl groups excluding tert-OH is 1. The van der Waals surface area contributed by atoms with E-state index in [9.17, 15) is 24.6 Å². The van der Waals surface area contributed by atoms with E-state index in [1.54, 1.807) is 6.08 Å². The topological polar surface area (TPSA) is 94.9 Å². The van der Waals surface area contributed by atoms with Gasteiger partial charge in [0.15, 0.2) is 5.78 Å². The fourth-order valence-electron chi connectivity index (χ4n) is 5.53. The number of carbonyl (C=O) groups excluding carboxylic acids is 3. The Hall–Kier alpha value is -1.63. The standard InChI is InChI=1S/C22H29NO5/c1-23(13-14-4-5-14)12-11-22-18-15(6-7-16(24)19(18)26)3-2-9-21(22,28)10-8-17(25)20(22)27/h3,6-7,14,17-18,25,28H,2,4-5,8-13H2,1H3. The maximum Gasteiger partial charge on any atom is 0.222 e. The lowest BCUT2D eigenvalue weighted by molar-refractivity contribution is -0.185. The Balaban J connectivity index is 1.77. The van der Waals surface area contributed by atoms with Crippen LogP contribution >= 0.6 is 0 Å². The molecule has 0 radical (unpaired) electrons. The molecule has 4 aliphatic carbocycles. The molecular weight excluding hydrogens is 358 g/mol. The second-order valence-electron chi connectivity index (χ2n) is 9.11. The molecule has 6 heteroatoms. The van der Waals surface area contributed by atoms with Crippen LogP contribution in [0.3, 0.4) is 0 Å². The summed E-state index contributed by atoms with van der Waals surface area (Å²) < 4.78 is 0. The van der Waals surface area contributed by atoms with Crippen molar-refractivity contribution in [3.63, 3.8) is 0 Å². The summed E-state index contributed by atoms with van der Waals surface area (Å²) in [5, 5.41) is 22.1. The Bertz CT molecular complexity index is 767. The highest BCUT2D eigenvalue weighted by atomic mass is 16.3. The molecule has 0 amide bonds. The van der Waals surface area contributed by atoms with E-state index in [4.69, 9.17) is 0 Å². The lowest BCUT2D eigenvalue weighted by atomic mass is 9.51. The van der Waals surface area contributed by atoms with E-state index in [1.165, 1.54) is 18.9 Å². The van der Waals surface area contributed by atoms with E-state index in [0.29, 0.717) is 30.9 Å². The molecule has 4 rings (SSSR count). The minimum absolute atomic E-state index is 0.190. The first kappa shape index (κ1) is 19.7. The van der Waals surface area contributed by atoms with Gasteiger partial charge in [-0.15, -0.1) is 0 Å². The molecular formula is C22H29NO5. The van der Waals surface area contributed by atoms with Gasteiger partial charge in [0.05, 0.1) is 16.9 Å². The van der Waals surface area contributed by atoms with Gasteiger partial charge in [-0.05, 0) is 76.1 Å². The largest absolute Gasteiger partial charge is 0.389 e. The number of rotatable bonds is 5. The smallest absolute Gasteiger partial charge is 0.222 e. The third kappa shape index (κ3) is 3.02. The van der Waals surface area contributed by atoms with Crippen LogP contribution in [0.15, 0.2) is 23.8 Å². The number of aliphatic hydroxyl groups is 2. The number of hydrogen-bond donors (Lipinski definition) is 2. The Labute approximate surface area is 165 Å². The van der Waals surface area contributed by atoms with Gasteiger partial charge < -0.3 is 15.1 Å². The van der Waals surface area contributed by atoms with Crippen LogP contribution in [0.2, 0.25) is 0 Å². The van der Waals surface area contributed by atoms with E-state index in [1.807, 2.05) is 13.1 Å². The molecule has 0 bridgehead atoms. The SMILES string of the molecule is CN(CCC12C(=O)C(O)CCC1(O)CCC=C1C=CC(=O)C(=O)C12)CC1CC1. The van der Waals surface area contributed by atoms with E-state index in [-0.39, 0.29) is 19.3 Å². The van der Waals surface area contributed by atoms with Crippen LogP contribution in [0.5, 0.6) is 0 Å². The number of carbonyl (C=O) groups is 3. The predicted molar refractivity (Wildman–Crippen MR) is 102 cm³/mol. The summed E-state index contributed by atoms with van der Waals surface area (Å²) in [7, 11) is 1.99. The van der Waals surface area contributed by atoms with E-state index in [0.717, 1.165) is 6.54 Å². The highest BCUT2D eigenvalue weighted by Crippen LogP contribution is 2.56. The molecule has 152 valence electrons. The van der Waals surface area contributed by atoms with Gasteiger partial charge in [0, 0.05) is 6.54 Å². The quantitative estimate of drug-likeness (QED) is 0.689. The number of Topliss-reactive ketones (excluding diaryl/α,β-unsaturated/α-hetero) is 2. The molecule has 0 aromatic rings. The van der Waals surface area contributed by atoms with Crippen molar-refractivity contribution in [3.8, 4) is 0 Å². The average molecular weight is 387 g/mol. The van der Waals surface area contributed by atoms with Crippen molar-refractivity contribution in [2.45, 2.75) is 56.7 Å². The molecule has 6 nitrogen and oxygen atoms in total. The fourth-order valence-corrected chi connectivity index (χ4v) is 5.53.